The molecule has 2 saturated carbocycles. The van der Waals surface area contributed by atoms with E-state index in [9.17, 15) is 0 Å². The second kappa shape index (κ2) is 12.2. The molecule has 0 saturated heterocycles. The topological polar surface area (TPSA) is 95.8 Å². The number of rotatable bonds is 9. The Bertz CT molecular complexity index is 886. The van der Waals surface area contributed by atoms with Crippen LogP contribution >= 0.6 is 0 Å². The lowest BCUT2D eigenvalue weighted by Crippen LogP contribution is -2.10. The van der Waals surface area contributed by atoms with Crippen molar-refractivity contribution in [3.8, 4) is 5.75 Å². The van der Waals surface area contributed by atoms with Crippen LogP contribution in [0.5, 0.6) is 5.75 Å². The molecule has 0 atom stereocenters. The molecule has 2 aromatic rings. The van der Waals surface area contributed by atoms with E-state index < -0.39 is 0 Å². The highest BCUT2D eigenvalue weighted by atomic mass is 16.5. The number of aromatic nitrogens is 2. The van der Waals surface area contributed by atoms with Gasteiger partial charge in [-0.25, -0.2) is 5.43 Å². The zero-order valence-corrected chi connectivity index (χ0v) is 19.5. The molecule has 2 fully saturated rings. The number of para-hydroxylation sites is 2. The Labute approximate surface area is 196 Å². The largest absolute Gasteiger partial charge is 0.495 e. The van der Waals surface area contributed by atoms with E-state index in [1.54, 1.807) is 7.11 Å². The first-order chi connectivity index (χ1) is 16.3. The predicted molar refractivity (Wildman–Crippen MR) is 136 cm³/mol. The highest BCUT2D eigenvalue weighted by Crippen LogP contribution is 2.28. The van der Waals surface area contributed by atoms with Crippen molar-refractivity contribution in [1.29, 1.82) is 0 Å². The SMILES string of the molecule is COc1ccccc1Nc1cc(NN=CC2CCCCC2)nc(NN=CC2CCCCC2)n1. The van der Waals surface area contributed by atoms with E-state index in [1.807, 2.05) is 42.8 Å². The van der Waals surface area contributed by atoms with Gasteiger partial charge in [-0.2, -0.15) is 20.2 Å². The van der Waals surface area contributed by atoms with Crippen molar-refractivity contribution in [2.45, 2.75) is 64.2 Å². The van der Waals surface area contributed by atoms with Gasteiger partial charge >= 0.3 is 0 Å². The number of nitrogens with zero attached hydrogens (tertiary/aromatic N) is 4. The number of anilines is 4. The van der Waals surface area contributed by atoms with Crippen LogP contribution in [0.2, 0.25) is 0 Å². The van der Waals surface area contributed by atoms with E-state index in [-0.39, 0.29) is 0 Å². The molecule has 3 N–H and O–H groups in total. The predicted octanol–water partition coefficient (Wildman–Crippen LogP) is 6.18. The van der Waals surface area contributed by atoms with Gasteiger partial charge in [-0.1, -0.05) is 50.7 Å². The van der Waals surface area contributed by atoms with E-state index in [0.717, 1.165) is 11.4 Å². The third-order valence-electron chi connectivity index (χ3n) is 6.31. The van der Waals surface area contributed by atoms with Crippen LogP contribution in [0, 0.1) is 11.8 Å². The van der Waals surface area contributed by atoms with Crippen LogP contribution in [0.15, 0.2) is 40.5 Å². The van der Waals surface area contributed by atoms with Gasteiger partial charge in [0.05, 0.1) is 12.8 Å². The summed E-state index contributed by atoms with van der Waals surface area (Å²) in [4.78, 5) is 9.14. The lowest BCUT2D eigenvalue weighted by molar-refractivity contribution is 0.417. The van der Waals surface area contributed by atoms with E-state index in [2.05, 4.69) is 36.3 Å². The first kappa shape index (κ1) is 23.0. The van der Waals surface area contributed by atoms with Crippen LogP contribution in [-0.2, 0) is 0 Å². The molecule has 1 heterocycles. The van der Waals surface area contributed by atoms with Crippen LogP contribution in [0.1, 0.15) is 64.2 Å². The van der Waals surface area contributed by atoms with Gasteiger partial charge in [0.1, 0.15) is 11.6 Å². The normalized spacial score (nSPS) is 18.0. The summed E-state index contributed by atoms with van der Waals surface area (Å²) in [7, 11) is 1.65. The van der Waals surface area contributed by atoms with E-state index in [1.165, 1.54) is 64.2 Å². The molecule has 1 aromatic heterocycles. The molecule has 2 aliphatic carbocycles. The molecule has 8 nitrogen and oxygen atoms in total. The maximum atomic E-state index is 5.46. The van der Waals surface area contributed by atoms with Crippen molar-refractivity contribution in [3.05, 3.63) is 30.3 Å². The van der Waals surface area contributed by atoms with E-state index in [4.69, 9.17) is 4.74 Å². The Morgan fingerprint density at radius 2 is 1.42 bits per heavy atom. The first-order valence-corrected chi connectivity index (χ1v) is 12.2. The summed E-state index contributed by atoms with van der Waals surface area (Å²) in [6.07, 6.45) is 16.6. The molecule has 0 bridgehead atoms. The summed E-state index contributed by atoms with van der Waals surface area (Å²) in [5.41, 5.74) is 6.92. The van der Waals surface area contributed by atoms with Gasteiger partial charge in [0.15, 0.2) is 5.82 Å². The third kappa shape index (κ3) is 7.17. The summed E-state index contributed by atoms with van der Waals surface area (Å²) >= 11 is 0. The van der Waals surface area contributed by atoms with Gasteiger partial charge < -0.3 is 10.1 Å². The van der Waals surface area contributed by atoms with Crippen molar-refractivity contribution >= 4 is 35.7 Å². The fourth-order valence-corrected chi connectivity index (χ4v) is 4.48. The fraction of sp³-hybridized carbons (Fsp3) is 0.520. The number of hydrazone groups is 2. The van der Waals surface area contributed by atoms with Crippen LogP contribution in [0.3, 0.4) is 0 Å². The molecule has 8 heteroatoms. The highest BCUT2D eigenvalue weighted by Gasteiger charge is 2.12. The van der Waals surface area contributed by atoms with E-state index >= 15 is 0 Å². The van der Waals surface area contributed by atoms with Gasteiger partial charge in [-0.3, -0.25) is 5.43 Å². The van der Waals surface area contributed by atoms with E-state index in [0.29, 0.717) is 29.4 Å². The van der Waals surface area contributed by atoms with Crippen LogP contribution in [0.25, 0.3) is 0 Å². The Hall–Kier alpha value is -3.16. The van der Waals surface area contributed by atoms with Gasteiger partial charge in [-0.05, 0) is 49.7 Å². The summed E-state index contributed by atoms with van der Waals surface area (Å²) in [6, 6.07) is 9.58. The van der Waals surface area contributed by atoms with Crippen LogP contribution < -0.4 is 20.9 Å². The third-order valence-corrected chi connectivity index (χ3v) is 6.31. The van der Waals surface area contributed by atoms with Crippen molar-refractivity contribution in [2.24, 2.45) is 22.0 Å². The molecule has 0 amide bonds. The van der Waals surface area contributed by atoms with Crippen molar-refractivity contribution < 1.29 is 4.74 Å². The smallest absolute Gasteiger partial charge is 0.247 e. The Morgan fingerprint density at radius 3 is 2.09 bits per heavy atom. The molecule has 33 heavy (non-hydrogen) atoms. The van der Waals surface area contributed by atoms with Crippen molar-refractivity contribution in [2.75, 3.05) is 23.3 Å². The molecular formula is C25H35N7O. The second-order valence-electron chi connectivity index (χ2n) is 8.86. The minimum Gasteiger partial charge on any atom is -0.495 e. The monoisotopic (exact) mass is 449 g/mol. The number of benzene rings is 1. The molecule has 176 valence electrons. The van der Waals surface area contributed by atoms with Gasteiger partial charge in [0, 0.05) is 18.5 Å². The fourth-order valence-electron chi connectivity index (χ4n) is 4.48. The summed E-state index contributed by atoms with van der Waals surface area (Å²) < 4.78 is 5.46. The minimum atomic E-state index is 0.414. The minimum absolute atomic E-state index is 0.414. The van der Waals surface area contributed by atoms with Crippen molar-refractivity contribution in [3.63, 3.8) is 0 Å². The quantitative estimate of drug-likeness (QED) is 0.312. The van der Waals surface area contributed by atoms with Crippen LogP contribution in [0.4, 0.5) is 23.3 Å². The van der Waals surface area contributed by atoms with Gasteiger partial charge in [0.25, 0.3) is 0 Å². The average molecular weight is 450 g/mol. The number of nitrogens with one attached hydrogen (secondary N) is 3. The number of ether oxygens (including phenoxy) is 1. The van der Waals surface area contributed by atoms with Gasteiger partial charge in [0.2, 0.25) is 5.95 Å². The second-order valence-corrected chi connectivity index (χ2v) is 8.86. The lowest BCUT2D eigenvalue weighted by Gasteiger charge is -2.17. The Kier molecular flexibility index (Phi) is 8.49. The number of hydrogen-bond acceptors (Lipinski definition) is 8. The molecular weight excluding hydrogens is 414 g/mol. The molecule has 1 aromatic carbocycles. The number of methoxy groups -OCH3 is 1. The zero-order chi connectivity index (χ0) is 22.7. The van der Waals surface area contributed by atoms with Crippen LogP contribution in [-0.4, -0.2) is 29.5 Å². The average Bonchev–Trinajstić information content (AvgIpc) is 2.86. The van der Waals surface area contributed by atoms with Gasteiger partial charge in [-0.15, -0.1) is 0 Å². The Balaban J connectivity index is 1.48. The Morgan fingerprint density at radius 1 is 0.818 bits per heavy atom. The lowest BCUT2D eigenvalue weighted by atomic mass is 9.90. The molecule has 0 aliphatic heterocycles. The summed E-state index contributed by atoms with van der Waals surface area (Å²) in [5, 5.41) is 12.2. The highest BCUT2D eigenvalue weighted by molar-refractivity contribution is 5.68. The molecule has 4 rings (SSSR count). The zero-order valence-electron chi connectivity index (χ0n) is 19.5. The molecule has 0 radical (unpaired) electrons. The summed E-state index contributed by atoms with van der Waals surface area (Å²) in [5.74, 6) is 3.45. The standard InChI is InChI=1S/C25H35N7O/c1-33-22-15-9-8-14-21(22)28-23-16-24(31-26-17-19-10-4-2-5-11-19)30-25(29-23)32-27-18-20-12-6-3-7-13-20/h8-9,14-20H,2-7,10-13H2,1H3,(H3,28,29,30,31,32). The summed E-state index contributed by atoms with van der Waals surface area (Å²) in [6.45, 7) is 0. The molecule has 0 unspecified atom stereocenters. The van der Waals surface area contributed by atoms with Crippen molar-refractivity contribution in [1.82, 2.24) is 9.97 Å². The first-order valence-electron chi connectivity index (χ1n) is 12.2. The molecule has 0 spiro atoms. The maximum Gasteiger partial charge on any atom is 0.247 e. The number of hydrogen-bond donors (Lipinski definition) is 3. The maximum absolute atomic E-state index is 5.46. The molecule has 2 aliphatic rings.